The first-order valence-electron chi connectivity index (χ1n) is 9.38. The molecule has 1 unspecified atom stereocenters. The van der Waals surface area contributed by atoms with E-state index in [0.29, 0.717) is 18.7 Å². The molecule has 0 radical (unpaired) electrons. The van der Waals surface area contributed by atoms with Crippen LogP contribution in [0.15, 0.2) is 60.2 Å². The van der Waals surface area contributed by atoms with Crippen molar-refractivity contribution in [3.05, 3.63) is 76.4 Å². The van der Waals surface area contributed by atoms with Crippen LogP contribution < -0.4 is 5.32 Å². The van der Waals surface area contributed by atoms with Crippen molar-refractivity contribution in [1.82, 2.24) is 25.0 Å². The summed E-state index contributed by atoms with van der Waals surface area (Å²) >= 11 is 1.60. The van der Waals surface area contributed by atoms with Gasteiger partial charge in [-0.05, 0) is 23.6 Å². The Bertz CT molecular complexity index is 1180. The molecule has 1 aliphatic heterocycles. The second-order valence-corrected chi connectivity index (χ2v) is 8.05. The van der Waals surface area contributed by atoms with Crippen LogP contribution in [-0.4, -0.2) is 38.0 Å². The molecule has 146 valence electrons. The smallest absolute Gasteiger partial charge is 0.256 e. The molecule has 2 N–H and O–H groups in total. The van der Waals surface area contributed by atoms with Gasteiger partial charge in [-0.3, -0.25) is 14.3 Å². The first kappa shape index (κ1) is 17.7. The number of benzene rings is 1. The van der Waals surface area contributed by atoms with Crippen LogP contribution in [0.4, 0.5) is 0 Å². The van der Waals surface area contributed by atoms with Crippen molar-refractivity contribution in [2.45, 2.75) is 19.1 Å². The Morgan fingerprint density at radius 3 is 2.97 bits per heavy atom. The van der Waals surface area contributed by atoms with Crippen LogP contribution in [0.1, 0.15) is 27.0 Å². The molecule has 0 spiro atoms. The normalized spacial score (nSPS) is 16.0. The second-order valence-electron chi connectivity index (χ2n) is 7.01. The van der Waals surface area contributed by atoms with Crippen molar-refractivity contribution in [3.8, 4) is 0 Å². The highest BCUT2D eigenvalue weighted by Gasteiger charge is 2.34. The lowest BCUT2D eigenvalue weighted by Crippen LogP contribution is -2.46. The molecule has 0 aliphatic carbocycles. The van der Waals surface area contributed by atoms with Gasteiger partial charge < -0.3 is 15.2 Å². The molecule has 2 amide bonds. The standard InChI is InChI=1S/C21H19N5O2S/c27-20(23-10-15-4-3-9-29-15)19-13-25(12-14-7-8-24-26(14)19)21(28)17-11-22-18-6-2-1-5-16(17)18/h1-9,11,19,22H,10,12-13H2,(H,23,27). The molecule has 7 nitrogen and oxygen atoms in total. The van der Waals surface area contributed by atoms with Gasteiger partial charge in [0.25, 0.3) is 5.91 Å². The van der Waals surface area contributed by atoms with Gasteiger partial charge in [0.15, 0.2) is 0 Å². The first-order valence-corrected chi connectivity index (χ1v) is 10.3. The van der Waals surface area contributed by atoms with E-state index in [0.717, 1.165) is 21.5 Å². The minimum atomic E-state index is -0.553. The van der Waals surface area contributed by atoms with Gasteiger partial charge in [0.05, 0.1) is 30.9 Å². The SMILES string of the molecule is O=C(NCc1cccs1)C1CN(C(=O)c2c[nH]c3ccccc23)Cc2ccnn21. The summed E-state index contributed by atoms with van der Waals surface area (Å²) in [6, 6.07) is 13.0. The molecular weight excluding hydrogens is 386 g/mol. The summed E-state index contributed by atoms with van der Waals surface area (Å²) < 4.78 is 1.72. The number of carbonyl (C=O) groups is 2. The fourth-order valence-corrected chi connectivity index (χ4v) is 4.41. The average molecular weight is 405 g/mol. The van der Waals surface area contributed by atoms with E-state index < -0.39 is 6.04 Å². The zero-order valence-corrected chi connectivity index (χ0v) is 16.4. The van der Waals surface area contributed by atoms with Crippen LogP contribution in [0, 0.1) is 0 Å². The summed E-state index contributed by atoms with van der Waals surface area (Å²) in [5, 5.41) is 10.2. The van der Waals surface area contributed by atoms with Crippen LogP contribution in [0.25, 0.3) is 10.9 Å². The fraction of sp³-hybridized carbons (Fsp3) is 0.190. The van der Waals surface area contributed by atoms with E-state index in [1.165, 1.54) is 0 Å². The topological polar surface area (TPSA) is 83.0 Å². The molecule has 0 fully saturated rings. The molecule has 0 saturated carbocycles. The van der Waals surface area contributed by atoms with Gasteiger partial charge in [-0.15, -0.1) is 11.3 Å². The minimum absolute atomic E-state index is 0.0917. The van der Waals surface area contributed by atoms with Crippen molar-refractivity contribution in [2.75, 3.05) is 6.54 Å². The van der Waals surface area contributed by atoms with Gasteiger partial charge in [0.1, 0.15) is 6.04 Å². The number of aromatic amines is 1. The highest BCUT2D eigenvalue weighted by atomic mass is 32.1. The van der Waals surface area contributed by atoms with E-state index in [1.807, 2.05) is 47.8 Å². The summed E-state index contributed by atoms with van der Waals surface area (Å²) in [7, 11) is 0. The predicted octanol–water partition coefficient (Wildman–Crippen LogP) is 2.94. The molecule has 8 heteroatoms. The molecule has 0 bridgehead atoms. The van der Waals surface area contributed by atoms with Crippen molar-refractivity contribution in [3.63, 3.8) is 0 Å². The van der Waals surface area contributed by atoms with Crippen LogP contribution >= 0.6 is 11.3 Å². The molecule has 5 rings (SSSR count). The van der Waals surface area contributed by atoms with Gasteiger partial charge in [0, 0.05) is 28.2 Å². The number of amides is 2. The maximum Gasteiger partial charge on any atom is 0.256 e. The monoisotopic (exact) mass is 405 g/mol. The summed E-state index contributed by atoms with van der Waals surface area (Å²) in [6.07, 6.45) is 3.42. The number of thiophene rings is 1. The Labute approximate surface area is 171 Å². The van der Waals surface area contributed by atoms with Crippen LogP contribution in [0.5, 0.6) is 0 Å². The van der Waals surface area contributed by atoms with Crippen LogP contribution in [0.3, 0.4) is 0 Å². The summed E-state index contributed by atoms with van der Waals surface area (Å²) in [4.78, 5) is 32.1. The van der Waals surface area contributed by atoms with E-state index in [9.17, 15) is 9.59 Å². The number of hydrogen-bond acceptors (Lipinski definition) is 4. The molecule has 29 heavy (non-hydrogen) atoms. The molecule has 4 heterocycles. The third-order valence-electron chi connectivity index (χ3n) is 5.22. The van der Waals surface area contributed by atoms with Gasteiger partial charge in [-0.25, -0.2) is 0 Å². The summed E-state index contributed by atoms with van der Waals surface area (Å²) in [5.74, 6) is -0.231. The maximum absolute atomic E-state index is 13.3. The fourth-order valence-electron chi connectivity index (χ4n) is 3.77. The Hall–Kier alpha value is -3.39. The molecule has 1 aliphatic rings. The van der Waals surface area contributed by atoms with Crippen LogP contribution in [0.2, 0.25) is 0 Å². The largest absolute Gasteiger partial charge is 0.360 e. The third kappa shape index (κ3) is 3.21. The average Bonchev–Trinajstić information content (AvgIpc) is 3.51. The molecule has 4 aromatic rings. The number of fused-ring (bicyclic) bond motifs is 2. The number of nitrogens with zero attached hydrogens (tertiary/aromatic N) is 3. The van der Waals surface area contributed by atoms with Crippen molar-refractivity contribution < 1.29 is 9.59 Å². The van der Waals surface area contributed by atoms with E-state index in [2.05, 4.69) is 15.4 Å². The van der Waals surface area contributed by atoms with Gasteiger partial charge in [-0.1, -0.05) is 24.3 Å². The van der Waals surface area contributed by atoms with E-state index in [4.69, 9.17) is 0 Å². The number of hydrogen-bond donors (Lipinski definition) is 2. The Balaban J connectivity index is 1.39. The predicted molar refractivity (Wildman–Crippen MR) is 110 cm³/mol. The first-order chi connectivity index (χ1) is 14.2. The second kappa shape index (κ2) is 7.21. The van der Waals surface area contributed by atoms with Crippen molar-refractivity contribution >= 4 is 34.1 Å². The number of H-pyrrole nitrogens is 1. The third-order valence-corrected chi connectivity index (χ3v) is 6.10. The molecule has 1 aromatic carbocycles. The van der Waals surface area contributed by atoms with E-state index >= 15 is 0 Å². The lowest BCUT2D eigenvalue weighted by molar-refractivity contribution is -0.125. The summed E-state index contributed by atoms with van der Waals surface area (Å²) in [6.45, 7) is 1.18. The zero-order chi connectivity index (χ0) is 19.8. The van der Waals surface area contributed by atoms with Crippen molar-refractivity contribution in [1.29, 1.82) is 0 Å². The number of rotatable bonds is 4. The Kier molecular flexibility index (Phi) is 4.40. The molecular formula is C21H19N5O2S. The number of carbonyl (C=O) groups excluding carboxylic acids is 2. The lowest BCUT2D eigenvalue weighted by atomic mass is 10.1. The minimum Gasteiger partial charge on any atom is -0.360 e. The summed E-state index contributed by atoms with van der Waals surface area (Å²) in [5.41, 5.74) is 2.38. The zero-order valence-electron chi connectivity index (χ0n) is 15.5. The lowest BCUT2D eigenvalue weighted by Gasteiger charge is -2.33. The number of para-hydroxylation sites is 1. The van der Waals surface area contributed by atoms with Gasteiger partial charge in [-0.2, -0.15) is 5.10 Å². The highest BCUT2D eigenvalue weighted by Crippen LogP contribution is 2.25. The number of nitrogens with one attached hydrogen (secondary N) is 2. The van der Waals surface area contributed by atoms with E-state index in [-0.39, 0.29) is 18.4 Å². The van der Waals surface area contributed by atoms with Gasteiger partial charge >= 0.3 is 0 Å². The molecule has 3 aromatic heterocycles. The Morgan fingerprint density at radius 1 is 1.21 bits per heavy atom. The molecule has 1 atom stereocenters. The van der Waals surface area contributed by atoms with Crippen molar-refractivity contribution in [2.24, 2.45) is 0 Å². The highest BCUT2D eigenvalue weighted by molar-refractivity contribution is 7.09. The van der Waals surface area contributed by atoms with Gasteiger partial charge in [0.2, 0.25) is 5.91 Å². The quantitative estimate of drug-likeness (QED) is 0.548. The number of aromatic nitrogens is 3. The Morgan fingerprint density at radius 2 is 2.10 bits per heavy atom. The van der Waals surface area contributed by atoms with E-state index in [1.54, 1.807) is 33.3 Å². The van der Waals surface area contributed by atoms with Crippen LogP contribution in [-0.2, 0) is 17.9 Å². The molecule has 0 saturated heterocycles. The maximum atomic E-state index is 13.3.